The standard InChI is InChI=1S/C20H35N3O2.CH2O3.ClH/c24-19(22-18-4-2-1-3-5-18)14-17-8-12-23(13-9-17)20(25)15-16-6-10-21-11-7-16;2-1(3)4;/h16-18,21H,1-15H2,(H,22,24);(H2,2,3,4);1H. The Morgan fingerprint density at radius 3 is 1.93 bits per heavy atom. The SMILES string of the molecule is Cl.O=C(CC1CCN(C(=O)CC2CCNCC2)CC1)NC1CCCCC1.O=C(O)O. The second kappa shape index (κ2) is 14.5. The Morgan fingerprint density at radius 1 is 0.833 bits per heavy atom. The van der Waals surface area contributed by atoms with Gasteiger partial charge in [0.15, 0.2) is 0 Å². The lowest BCUT2D eigenvalue weighted by Crippen LogP contribution is -2.42. The van der Waals surface area contributed by atoms with E-state index in [0.717, 1.165) is 64.7 Å². The van der Waals surface area contributed by atoms with Crippen LogP contribution in [-0.4, -0.2) is 65.3 Å². The lowest BCUT2D eigenvalue weighted by Gasteiger charge is -2.33. The monoisotopic (exact) mass is 447 g/mol. The average molecular weight is 448 g/mol. The molecule has 2 amide bonds. The highest BCUT2D eigenvalue weighted by Gasteiger charge is 2.27. The average Bonchev–Trinajstić information content (AvgIpc) is 2.69. The zero-order valence-electron chi connectivity index (χ0n) is 17.8. The molecule has 2 heterocycles. The molecule has 0 aromatic heterocycles. The zero-order chi connectivity index (χ0) is 21.1. The van der Waals surface area contributed by atoms with Crippen molar-refractivity contribution in [1.82, 2.24) is 15.5 Å². The summed E-state index contributed by atoms with van der Waals surface area (Å²) in [6.07, 6.45) is 9.87. The zero-order valence-corrected chi connectivity index (χ0v) is 18.6. The van der Waals surface area contributed by atoms with E-state index in [9.17, 15) is 9.59 Å². The van der Waals surface area contributed by atoms with Gasteiger partial charge in [-0.1, -0.05) is 19.3 Å². The lowest BCUT2D eigenvalue weighted by atomic mass is 9.90. The van der Waals surface area contributed by atoms with Crippen LogP contribution in [0.25, 0.3) is 0 Å². The summed E-state index contributed by atoms with van der Waals surface area (Å²) >= 11 is 0. The molecule has 2 aliphatic heterocycles. The quantitative estimate of drug-likeness (QED) is 0.514. The number of nitrogens with one attached hydrogen (secondary N) is 2. The van der Waals surface area contributed by atoms with Crippen LogP contribution in [0.1, 0.15) is 70.6 Å². The molecule has 3 rings (SSSR count). The van der Waals surface area contributed by atoms with Crippen molar-refractivity contribution >= 4 is 30.4 Å². The minimum absolute atomic E-state index is 0. The number of rotatable bonds is 5. The van der Waals surface area contributed by atoms with E-state index in [1.54, 1.807) is 0 Å². The summed E-state index contributed by atoms with van der Waals surface area (Å²) in [6.45, 7) is 3.78. The summed E-state index contributed by atoms with van der Waals surface area (Å²) in [7, 11) is 0. The molecule has 3 aliphatic rings. The number of carboxylic acid groups (broad SMARTS) is 2. The van der Waals surface area contributed by atoms with Crippen LogP contribution in [0.15, 0.2) is 0 Å². The molecule has 4 N–H and O–H groups in total. The first-order chi connectivity index (χ1) is 13.9. The Balaban J connectivity index is 0.000000827. The first-order valence-electron chi connectivity index (χ1n) is 11.1. The molecule has 8 nitrogen and oxygen atoms in total. The molecule has 0 spiro atoms. The molecule has 0 atom stereocenters. The van der Waals surface area contributed by atoms with Gasteiger partial charge in [0.2, 0.25) is 11.8 Å². The van der Waals surface area contributed by atoms with Gasteiger partial charge in [-0.25, -0.2) is 4.79 Å². The minimum Gasteiger partial charge on any atom is -0.450 e. The molecule has 1 saturated carbocycles. The number of hydrogen-bond acceptors (Lipinski definition) is 4. The van der Waals surface area contributed by atoms with Crippen LogP contribution in [0.2, 0.25) is 0 Å². The highest BCUT2D eigenvalue weighted by atomic mass is 35.5. The van der Waals surface area contributed by atoms with Crippen molar-refractivity contribution in [2.24, 2.45) is 11.8 Å². The van der Waals surface area contributed by atoms with Gasteiger partial charge < -0.3 is 25.7 Å². The van der Waals surface area contributed by atoms with Gasteiger partial charge in [-0.2, -0.15) is 0 Å². The van der Waals surface area contributed by atoms with Crippen LogP contribution in [-0.2, 0) is 9.59 Å². The maximum absolute atomic E-state index is 12.5. The maximum Gasteiger partial charge on any atom is 0.503 e. The molecule has 0 unspecified atom stereocenters. The first-order valence-corrected chi connectivity index (χ1v) is 11.1. The smallest absolute Gasteiger partial charge is 0.450 e. The van der Waals surface area contributed by atoms with Crippen LogP contribution in [0.3, 0.4) is 0 Å². The molecule has 1 aliphatic carbocycles. The Bertz CT molecular complexity index is 525. The van der Waals surface area contributed by atoms with E-state index in [1.165, 1.54) is 19.3 Å². The fourth-order valence-electron chi connectivity index (χ4n) is 4.64. The first kappa shape index (κ1) is 26.5. The number of carbonyl (C=O) groups excluding carboxylic acids is 2. The van der Waals surface area contributed by atoms with Gasteiger partial charge in [0, 0.05) is 32.0 Å². The van der Waals surface area contributed by atoms with Gasteiger partial charge in [0.1, 0.15) is 0 Å². The highest BCUT2D eigenvalue weighted by Crippen LogP contribution is 2.24. The topological polar surface area (TPSA) is 119 Å². The molecular weight excluding hydrogens is 410 g/mol. The summed E-state index contributed by atoms with van der Waals surface area (Å²) < 4.78 is 0. The summed E-state index contributed by atoms with van der Waals surface area (Å²) in [5.41, 5.74) is 0. The molecular formula is C21H38ClN3O5. The molecule has 0 radical (unpaired) electrons. The van der Waals surface area contributed by atoms with E-state index < -0.39 is 6.16 Å². The van der Waals surface area contributed by atoms with Crippen molar-refractivity contribution in [1.29, 1.82) is 0 Å². The number of halogens is 1. The van der Waals surface area contributed by atoms with E-state index in [0.29, 0.717) is 36.6 Å². The van der Waals surface area contributed by atoms with Crippen molar-refractivity contribution < 1.29 is 24.6 Å². The lowest BCUT2D eigenvalue weighted by molar-refractivity contribution is -0.134. The highest BCUT2D eigenvalue weighted by molar-refractivity contribution is 5.85. The number of piperidine rings is 2. The molecule has 0 aromatic rings. The summed E-state index contributed by atoms with van der Waals surface area (Å²) in [6, 6.07) is 0.410. The van der Waals surface area contributed by atoms with E-state index in [-0.39, 0.29) is 18.3 Å². The van der Waals surface area contributed by atoms with Gasteiger partial charge in [-0.15, -0.1) is 12.4 Å². The van der Waals surface area contributed by atoms with Gasteiger partial charge in [0.05, 0.1) is 0 Å². The fraction of sp³-hybridized carbons (Fsp3) is 0.857. The molecule has 2 saturated heterocycles. The van der Waals surface area contributed by atoms with Crippen LogP contribution in [0, 0.1) is 11.8 Å². The fourth-order valence-corrected chi connectivity index (χ4v) is 4.64. The number of carbonyl (C=O) groups is 3. The molecule has 0 aromatic carbocycles. The van der Waals surface area contributed by atoms with Gasteiger partial charge in [0.25, 0.3) is 0 Å². The van der Waals surface area contributed by atoms with Crippen LogP contribution in [0.5, 0.6) is 0 Å². The second-order valence-corrected chi connectivity index (χ2v) is 8.61. The summed E-state index contributed by atoms with van der Waals surface area (Å²) in [5, 5.41) is 20.5. The van der Waals surface area contributed by atoms with Gasteiger partial charge in [-0.05, 0) is 63.5 Å². The van der Waals surface area contributed by atoms with E-state index in [4.69, 9.17) is 15.0 Å². The second-order valence-electron chi connectivity index (χ2n) is 8.61. The number of amides is 2. The van der Waals surface area contributed by atoms with E-state index in [2.05, 4.69) is 10.6 Å². The maximum atomic E-state index is 12.5. The Labute approximate surface area is 185 Å². The van der Waals surface area contributed by atoms with Crippen molar-refractivity contribution in [2.45, 2.75) is 76.7 Å². The third-order valence-electron chi connectivity index (χ3n) is 6.33. The predicted octanol–water partition coefficient (Wildman–Crippen LogP) is 3.10. The third-order valence-corrected chi connectivity index (χ3v) is 6.33. The Morgan fingerprint density at radius 2 is 1.37 bits per heavy atom. The molecule has 30 heavy (non-hydrogen) atoms. The third kappa shape index (κ3) is 10.5. The van der Waals surface area contributed by atoms with Crippen LogP contribution < -0.4 is 10.6 Å². The van der Waals surface area contributed by atoms with Crippen molar-refractivity contribution in [3.05, 3.63) is 0 Å². The van der Waals surface area contributed by atoms with Crippen LogP contribution >= 0.6 is 12.4 Å². The molecule has 0 bridgehead atoms. The Hall–Kier alpha value is -1.54. The molecule has 3 fully saturated rings. The largest absolute Gasteiger partial charge is 0.503 e. The number of likely N-dealkylation sites (tertiary alicyclic amines) is 1. The minimum atomic E-state index is -1.83. The summed E-state index contributed by atoms with van der Waals surface area (Å²) in [5.74, 6) is 1.57. The van der Waals surface area contributed by atoms with E-state index in [1.807, 2.05) is 4.90 Å². The Kier molecular flexibility index (Phi) is 12.8. The number of hydrogen-bond donors (Lipinski definition) is 4. The molecule has 174 valence electrons. The van der Waals surface area contributed by atoms with E-state index >= 15 is 0 Å². The van der Waals surface area contributed by atoms with Crippen LogP contribution in [0.4, 0.5) is 4.79 Å². The van der Waals surface area contributed by atoms with Crippen molar-refractivity contribution in [3.8, 4) is 0 Å². The van der Waals surface area contributed by atoms with Crippen molar-refractivity contribution in [2.75, 3.05) is 26.2 Å². The van der Waals surface area contributed by atoms with Gasteiger partial charge in [-0.3, -0.25) is 9.59 Å². The predicted molar refractivity (Wildman–Crippen MR) is 117 cm³/mol. The molecule has 9 heteroatoms. The van der Waals surface area contributed by atoms with Crippen molar-refractivity contribution in [3.63, 3.8) is 0 Å². The normalized spacial score (nSPS) is 21.0. The van der Waals surface area contributed by atoms with Gasteiger partial charge >= 0.3 is 6.16 Å². The number of nitrogens with zero attached hydrogens (tertiary/aromatic N) is 1. The summed E-state index contributed by atoms with van der Waals surface area (Å²) in [4.78, 5) is 35.3.